The molecule has 0 saturated heterocycles. The van der Waals surface area contributed by atoms with Crippen molar-refractivity contribution in [2.45, 2.75) is 6.54 Å². The highest BCUT2D eigenvalue weighted by Gasteiger charge is 2.09. The second-order valence-corrected chi connectivity index (χ2v) is 6.05. The quantitative estimate of drug-likeness (QED) is 0.532. The van der Waals surface area contributed by atoms with E-state index < -0.39 is 0 Å². The molecule has 3 nitrogen and oxygen atoms in total. The maximum absolute atomic E-state index is 12.3. The smallest absolute Gasteiger partial charge is 0.262 e. The number of nitrogens with one attached hydrogen (secondary N) is 1. The molecule has 0 aliphatic heterocycles. The minimum absolute atomic E-state index is 0.152. The van der Waals surface area contributed by atoms with Gasteiger partial charge in [0.25, 0.3) is 5.91 Å². The Hall–Kier alpha value is -2.85. The lowest BCUT2D eigenvalue weighted by molar-refractivity contribution is -0.116. The fourth-order valence-corrected chi connectivity index (χ4v) is 2.91. The van der Waals surface area contributed by atoms with E-state index in [0.29, 0.717) is 6.54 Å². The van der Waals surface area contributed by atoms with Gasteiger partial charge in [0.05, 0.1) is 12.2 Å². The van der Waals surface area contributed by atoms with Crippen molar-refractivity contribution in [2.75, 3.05) is 5.01 Å². The summed E-state index contributed by atoms with van der Waals surface area (Å²) in [6, 6.07) is 21.9. The van der Waals surface area contributed by atoms with Crippen LogP contribution in [0.5, 0.6) is 0 Å². The molecule has 0 bridgehead atoms. The molecule has 0 atom stereocenters. The molecule has 0 aliphatic rings. The molecule has 1 aromatic heterocycles. The second kappa shape index (κ2) is 8.13. The van der Waals surface area contributed by atoms with Crippen LogP contribution in [-0.4, -0.2) is 5.91 Å². The lowest BCUT2D eigenvalue weighted by Gasteiger charge is -2.25. The van der Waals surface area contributed by atoms with Gasteiger partial charge in [-0.15, -0.1) is 0 Å². The van der Waals surface area contributed by atoms with Gasteiger partial charge in [0, 0.05) is 6.08 Å². The van der Waals surface area contributed by atoms with Crippen LogP contribution >= 0.6 is 11.3 Å². The number of hydrogen-bond acceptors (Lipinski definition) is 3. The fourth-order valence-electron chi connectivity index (χ4n) is 2.28. The molecule has 0 unspecified atom stereocenters. The van der Waals surface area contributed by atoms with Crippen molar-refractivity contribution in [1.82, 2.24) is 5.43 Å². The molecule has 0 spiro atoms. The molecular formula is C20H18N2OS. The minimum atomic E-state index is -0.152. The lowest BCUT2D eigenvalue weighted by atomic mass is 10.2. The Balaban J connectivity index is 1.73. The Morgan fingerprint density at radius 3 is 2.38 bits per heavy atom. The van der Waals surface area contributed by atoms with Gasteiger partial charge in [0.1, 0.15) is 0 Å². The van der Waals surface area contributed by atoms with Crippen molar-refractivity contribution in [2.24, 2.45) is 0 Å². The summed E-state index contributed by atoms with van der Waals surface area (Å²) < 4.78 is 0. The zero-order chi connectivity index (χ0) is 16.6. The second-order valence-electron chi connectivity index (χ2n) is 5.27. The van der Waals surface area contributed by atoms with E-state index in [0.717, 1.165) is 16.8 Å². The summed E-state index contributed by atoms with van der Waals surface area (Å²) in [5.41, 5.74) is 6.06. The van der Waals surface area contributed by atoms with E-state index in [1.807, 2.05) is 88.6 Å². The number of benzene rings is 2. The molecule has 4 heteroatoms. The number of thiophene rings is 1. The van der Waals surface area contributed by atoms with Gasteiger partial charge >= 0.3 is 0 Å². The van der Waals surface area contributed by atoms with E-state index in [1.165, 1.54) is 0 Å². The number of para-hydroxylation sites is 1. The van der Waals surface area contributed by atoms with E-state index in [-0.39, 0.29) is 5.91 Å². The third-order valence-corrected chi connectivity index (χ3v) is 4.17. The molecule has 1 N–H and O–H groups in total. The van der Waals surface area contributed by atoms with Gasteiger partial charge in [-0.05, 0) is 46.2 Å². The maximum Gasteiger partial charge on any atom is 0.262 e. The molecule has 1 heterocycles. The number of carbonyl (C=O) groups is 1. The summed E-state index contributed by atoms with van der Waals surface area (Å²) in [5.74, 6) is -0.152. The largest absolute Gasteiger partial charge is 0.281 e. The summed E-state index contributed by atoms with van der Waals surface area (Å²) in [4.78, 5) is 12.3. The number of amides is 1. The minimum Gasteiger partial charge on any atom is -0.281 e. The standard InChI is InChI=1S/C20H18N2OS/c23-20(12-11-18-13-14-24-16-18)21-22(19-9-5-2-6-10-19)15-17-7-3-1-4-8-17/h1-14,16H,15H2,(H,21,23)/b12-11-. The highest BCUT2D eigenvalue weighted by atomic mass is 32.1. The molecule has 1 amide bonds. The predicted octanol–water partition coefficient (Wildman–Crippen LogP) is 4.50. The Morgan fingerprint density at radius 1 is 1.00 bits per heavy atom. The third kappa shape index (κ3) is 4.57. The van der Waals surface area contributed by atoms with Crippen LogP contribution in [-0.2, 0) is 11.3 Å². The average Bonchev–Trinajstić information content (AvgIpc) is 3.15. The van der Waals surface area contributed by atoms with Crippen LogP contribution in [0.25, 0.3) is 6.08 Å². The van der Waals surface area contributed by atoms with Crippen LogP contribution < -0.4 is 10.4 Å². The van der Waals surface area contributed by atoms with Crippen molar-refractivity contribution < 1.29 is 4.79 Å². The highest BCUT2D eigenvalue weighted by molar-refractivity contribution is 7.08. The molecule has 0 fully saturated rings. The Labute approximate surface area is 145 Å². The Kier molecular flexibility index (Phi) is 5.43. The molecule has 0 aliphatic carbocycles. The molecule has 2 aromatic carbocycles. The predicted molar refractivity (Wildman–Crippen MR) is 101 cm³/mol. The SMILES string of the molecule is O=C(/C=C\c1ccsc1)NN(Cc1ccccc1)c1ccccc1. The summed E-state index contributed by atoms with van der Waals surface area (Å²) in [6.07, 6.45) is 3.38. The Morgan fingerprint density at radius 2 is 1.71 bits per heavy atom. The fraction of sp³-hybridized carbons (Fsp3) is 0.0500. The zero-order valence-electron chi connectivity index (χ0n) is 13.1. The molecule has 120 valence electrons. The van der Waals surface area contributed by atoms with Gasteiger partial charge in [-0.2, -0.15) is 11.3 Å². The Bertz CT molecular complexity index is 783. The third-order valence-electron chi connectivity index (χ3n) is 3.47. The molecule has 3 rings (SSSR count). The topological polar surface area (TPSA) is 32.3 Å². The summed E-state index contributed by atoms with van der Waals surface area (Å²) >= 11 is 1.61. The first-order chi connectivity index (χ1) is 11.8. The number of hydrazine groups is 1. The number of hydrogen-bond donors (Lipinski definition) is 1. The van der Waals surface area contributed by atoms with E-state index in [1.54, 1.807) is 17.4 Å². The van der Waals surface area contributed by atoms with Crippen LogP contribution in [0.4, 0.5) is 5.69 Å². The number of anilines is 1. The van der Waals surface area contributed by atoms with Crippen LogP contribution in [0.15, 0.2) is 83.6 Å². The molecular weight excluding hydrogens is 316 g/mol. The zero-order valence-corrected chi connectivity index (χ0v) is 13.9. The van der Waals surface area contributed by atoms with Gasteiger partial charge in [-0.3, -0.25) is 15.2 Å². The first-order valence-corrected chi connectivity index (χ1v) is 8.63. The summed E-state index contributed by atoms with van der Waals surface area (Å²) in [7, 11) is 0. The van der Waals surface area contributed by atoms with Crippen molar-refractivity contribution in [3.8, 4) is 0 Å². The number of rotatable bonds is 6. The van der Waals surface area contributed by atoms with Gasteiger partial charge in [0.15, 0.2) is 0 Å². The van der Waals surface area contributed by atoms with E-state index in [9.17, 15) is 4.79 Å². The normalized spacial score (nSPS) is 10.7. The van der Waals surface area contributed by atoms with Crippen LogP contribution in [0.1, 0.15) is 11.1 Å². The first kappa shape index (κ1) is 16.0. The number of nitrogens with zero attached hydrogens (tertiary/aromatic N) is 1. The van der Waals surface area contributed by atoms with E-state index in [4.69, 9.17) is 0 Å². The van der Waals surface area contributed by atoms with Crippen LogP contribution in [0.2, 0.25) is 0 Å². The van der Waals surface area contributed by atoms with E-state index >= 15 is 0 Å². The molecule has 24 heavy (non-hydrogen) atoms. The van der Waals surface area contributed by atoms with E-state index in [2.05, 4.69) is 5.43 Å². The summed E-state index contributed by atoms with van der Waals surface area (Å²) in [6.45, 7) is 0.600. The molecule has 0 radical (unpaired) electrons. The van der Waals surface area contributed by atoms with Gasteiger partial charge in [-0.25, -0.2) is 0 Å². The lowest BCUT2D eigenvalue weighted by Crippen LogP contribution is -2.41. The highest BCUT2D eigenvalue weighted by Crippen LogP contribution is 2.15. The number of carbonyl (C=O) groups excluding carboxylic acids is 1. The van der Waals surface area contributed by atoms with Crippen molar-refractivity contribution in [1.29, 1.82) is 0 Å². The first-order valence-electron chi connectivity index (χ1n) is 7.69. The van der Waals surface area contributed by atoms with Crippen molar-refractivity contribution in [3.05, 3.63) is 94.7 Å². The van der Waals surface area contributed by atoms with Gasteiger partial charge in [0.2, 0.25) is 0 Å². The van der Waals surface area contributed by atoms with Gasteiger partial charge in [-0.1, -0.05) is 48.5 Å². The molecule has 3 aromatic rings. The maximum atomic E-state index is 12.3. The molecule has 0 saturated carbocycles. The van der Waals surface area contributed by atoms with Gasteiger partial charge < -0.3 is 0 Å². The van der Waals surface area contributed by atoms with Crippen LogP contribution in [0.3, 0.4) is 0 Å². The monoisotopic (exact) mass is 334 g/mol. The van der Waals surface area contributed by atoms with Crippen molar-refractivity contribution in [3.63, 3.8) is 0 Å². The van der Waals surface area contributed by atoms with Crippen LogP contribution in [0, 0.1) is 0 Å². The summed E-state index contributed by atoms with van der Waals surface area (Å²) in [5, 5.41) is 5.85. The van der Waals surface area contributed by atoms with Crippen molar-refractivity contribution >= 4 is 29.0 Å². The average molecular weight is 334 g/mol.